The fraction of sp³-hybridized carbons (Fsp3) is 0.121. The fourth-order valence-electron chi connectivity index (χ4n) is 4.85. The van der Waals surface area contributed by atoms with Crippen molar-refractivity contribution in [2.75, 3.05) is 12.4 Å². The first-order chi connectivity index (χ1) is 21.5. The summed E-state index contributed by atoms with van der Waals surface area (Å²) < 4.78 is 6.80. The molecule has 2 aromatic heterocycles. The summed E-state index contributed by atoms with van der Waals surface area (Å²) >= 11 is 7.65. The summed E-state index contributed by atoms with van der Waals surface area (Å²) in [6, 6.07) is 30.1. The van der Waals surface area contributed by atoms with E-state index in [-0.39, 0.29) is 19.0 Å². The van der Waals surface area contributed by atoms with Crippen molar-refractivity contribution in [3.8, 4) is 17.0 Å². The highest BCUT2D eigenvalue weighted by molar-refractivity contribution is 7.09. The highest BCUT2D eigenvalue weighted by Gasteiger charge is 2.33. The second-order valence-corrected chi connectivity index (χ2v) is 11.3. The predicted molar refractivity (Wildman–Crippen MR) is 171 cm³/mol. The van der Waals surface area contributed by atoms with Gasteiger partial charge in [-0.15, -0.1) is 16.4 Å². The second-order valence-electron chi connectivity index (χ2n) is 9.92. The van der Waals surface area contributed by atoms with E-state index in [1.165, 1.54) is 16.2 Å². The third kappa shape index (κ3) is 6.46. The Balaban J connectivity index is 1.38. The molecule has 0 aliphatic rings. The van der Waals surface area contributed by atoms with Gasteiger partial charge in [0.15, 0.2) is 0 Å². The summed E-state index contributed by atoms with van der Waals surface area (Å²) in [5.41, 5.74) is 4.31. The number of thiazole rings is 1. The van der Waals surface area contributed by atoms with Crippen LogP contribution in [0.5, 0.6) is 5.75 Å². The standard InChI is InChI=1S/C33H27ClN6O3S/c1-43-26-17-15-25(16-18-26)35-33(42)32(23-11-13-24(34)14-12-23)39(19-30-36-28(21-44-30)22-7-3-2-4-8-22)31(41)20-40-29-10-6-5-9-27(29)37-38-40/h2-18,21,32H,19-20H2,1H3,(H,35,42). The number of aromatic nitrogens is 4. The molecule has 9 nitrogen and oxygen atoms in total. The van der Waals surface area contributed by atoms with E-state index < -0.39 is 11.9 Å². The third-order valence-corrected chi connectivity index (χ3v) is 8.14. The van der Waals surface area contributed by atoms with Crippen LogP contribution in [0.15, 0.2) is 109 Å². The molecule has 0 radical (unpaired) electrons. The minimum absolute atomic E-state index is 0.0896. The predicted octanol–water partition coefficient (Wildman–Crippen LogP) is 6.63. The zero-order chi connectivity index (χ0) is 30.5. The Labute approximate surface area is 262 Å². The first-order valence-electron chi connectivity index (χ1n) is 13.8. The maximum atomic E-state index is 14.2. The Morgan fingerprint density at radius 1 is 0.955 bits per heavy atom. The van der Waals surface area contributed by atoms with Crippen LogP contribution in [0, 0.1) is 0 Å². The summed E-state index contributed by atoms with van der Waals surface area (Å²) in [7, 11) is 1.58. The topological polar surface area (TPSA) is 102 Å². The molecule has 11 heteroatoms. The molecule has 1 N–H and O–H groups in total. The van der Waals surface area contributed by atoms with Gasteiger partial charge in [0.1, 0.15) is 28.9 Å². The Morgan fingerprint density at radius 2 is 1.68 bits per heavy atom. The number of carbonyl (C=O) groups is 2. The number of hydrogen-bond acceptors (Lipinski definition) is 7. The van der Waals surface area contributed by atoms with Gasteiger partial charge in [0, 0.05) is 21.7 Å². The van der Waals surface area contributed by atoms with Crippen molar-refractivity contribution in [3.05, 3.63) is 124 Å². The summed E-state index contributed by atoms with van der Waals surface area (Å²) in [4.78, 5) is 34.7. The van der Waals surface area contributed by atoms with Gasteiger partial charge in [0.05, 0.1) is 24.9 Å². The van der Waals surface area contributed by atoms with E-state index in [0.29, 0.717) is 38.1 Å². The maximum absolute atomic E-state index is 14.2. The molecule has 0 fully saturated rings. The van der Waals surface area contributed by atoms with Crippen molar-refractivity contribution < 1.29 is 14.3 Å². The molecule has 220 valence electrons. The van der Waals surface area contributed by atoms with Gasteiger partial charge in [-0.3, -0.25) is 9.59 Å². The zero-order valence-electron chi connectivity index (χ0n) is 23.6. The monoisotopic (exact) mass is 622 g/mol. The number of nitrogens with zero attached hydrogens (tertiary/aromatic N) is 5. The van der Waals surface area contributed by atoms with Gasteiger partial charge < -0.3 is 15.0 Å². The average molecular weight is 623 g/mol. The lowest BCUT2D eigenvalue weighted by Gasteiger charge is -2.31. The van der Waals surface area contributed by atoms with Gasteiger partial charge in [0.2, 0.25) is 5.91 Å². The van der Waals surface area contributed by atoms with E-state index in [4.69, 9.17) is 21.3 Å². The molecule has 6 aromatic rings. The first kappa shape index (κ1) is 29.0. The second kappa shape index (κ2) is 13.1. The molecule has 0 saturated heterocycles. The van der Waals surface area contributed by atoms with Crippen LogP contribution in [0.1, 0.15) is 16.6 Å². The molecule has 1 unspecified atom stereocenters. The lowest BCUT2D eigenvalue weighted by molar-refractivity contribution is -0.140. The van der Waals surface area contributed by atoms with E-state index in [0.717, 1.165) is 11.3 Å². The van der Waals surface area contributed by atoms with Gasteiger partial charge in [-0.05, 0) is 54.1 Å². The Hall–Kier alpha value is -5.06. The number of carbonyl (C=O) groups excluding carboxylic acids is 2. The van der Waals surface area contributed by atoms with Crippen LogP contribution in [0.3, 0.4) is 0 Å². The molecule has 0 aliphatic carbocycles. The summed E-state index contributed by atoms with van der Waals surface area (Å²) in [6.45, 7) is -0.0381. The average Bonchev–Trinajstić information content (AvgIpc) is 3.70. The number of hydrogen-bond donors (Lipinski definition) is 1. The molecule has 2 amide bonds. The molecule has 4 aromatic carbocycles. The Morgan fingerprint density at radius 3 is 2.43 bits per heavy atom. The van der Waals surface area contributed by atoms with E-state index in [1.54, 1.807) is 60.3 Å². The molecule has 2 heterocycles. The van der Waals surface area contributed by atoms with Crippen LogP contribution >= 0.6 is 22.9 Å². The van der Waals surface area contributed by atoms with Gasteiger partial charge in [0.25, 0.3) is 5.91 Å². The van der Waals surface area contributed by atoms with Crippen LogP contribution < -0.4 is 10.1 Å². The molecule has 6 rings (SSSR count). The first-order valence-corrected chi connectivity index (χ1v) is 15.0. The van der Waals surface area contributed by atoms with Crippen LogP contribution in [0.4, 0.5) is 5.69 Å². The molecule has 1 atom stereocenters. The quantitative estimate of drug-likeness (QED) is 0.184. The molecule has 44 heavy (non-hydrogen) atoms. The minimum Gasteiger partial charge on any atom is -0.497 e. The normalized spacial score (nSPS) is 11.7. The van der Waals surface area contributed by atoms with Gasteiger partial charge in [-0.25, -0.2) is 9.67 Å². The number of nitrogens with one attached hydrogen (secondary N) is 1. The maximum Gasteiger partial charge on any atom is 0.251 e. The van der Waals surface area contributed by atoms with Crippen molar-refractivity contribution in [1.82, 2.24) is 24.9 Å². The highest BCUT2D eigenvalue weighted by atomic mass is 35.5. The van der Waals surface area contributed by atoms with E-state index in [9.17, 15) is 9.59 Å². The van der Waals surface area contributed by atoms with Crippen molar-refractivity contribution in [3.63, 3.8) is 0 Å². The lowest BCUT2D eigenvalue weighted by Crippen LogP contribution is -2.42. The number of ether oxygens (including phenoxy) is 1. The van der Waals surface area contributed by atoms with Crippen molar-refractivity contribution in [2.45, 2.75) is 19.1 Å². The fourth-order valence-corrected chi connectivity index (χ4v) is 5.78. The van der Waals surface area contributed by atoms with E-state index in [1.807, 2.05) is 60.0 Å². The summed E-state index contributed by atoms with van der Waals surface area (Å²) in [5, 5.41) is 14.5. The van der Waals surface area contributed by atoms with Gasteiger partial charge >= 0.3 is 0 Å². The third-order valence-electron chi connectivity index (χ3n) is 7.06. The zero-order valence-corrected chi connectivity index (χ0v) is 25.2. The molecule has 0 aliphatic heterocycles. The lowest BCUT2D eigenvalue weighted by atomic mass is 10.0. The number of rotatable bonds is 10. The molecular weight excluding hydrogens is 596 g/mol. The number of fused-ring (bicyclic) bond motifs is 1. The van der Waals surface area contributed by atoms with E-state index >= 15 is 0 Å². The van der Waals surface area contributed by atoms with Crippen LogP contribution in [-0.2, 0) is 22.7 Å². The molecular formula is C33H27ClN6O3S. The minimum atomic E-state index is -1.01. The summed E-state index contributed by atoms with van der Waals surface area (Å²) in [6.07, 6.45) is 0. The summed E-state index contributed by atoms with van der Waals surface area (Å²) in [5.74, 6) is -0.0665. The SMILES string of the molecule is COc1ccc(NC(=O)C(c2ccc(Cl)cc2)N(Cc2nc(-c3ccccc3)cs2)C(=O)Cn2nnc3ccccc32)cc1. The molecule has 0 bridgehead atoms. The van der Waals surface area contributed by atoms with Crippen LogP contribution in [0.2, 0.25) is 5.02 Å². The van der Waals surface area contributed by atoms with Crippen LogP contribution in [0.25, 0.3) is 22.3 Å². The Bertz CT molecular complexity index is 1890. The van der Waals surface area contributed by atoms with Gasteiger partial charge in [-0.1, -0.05) is 71.4 Å². The number of benzene rings is 4. The van der Waals surface area contributed by atoms with E-state index in [2.05, 4.69) is 15.6 Å². The van der Waals surface area contributed by atoms with Crippen molar-refractivity contribution in [1.29, 1.82) is 0 Å². The number of halogens is 1. The molecule has 0 spiro atoms. The number of para-hydroxylation sites is 1. The number of methoxy groups -OCH3 is 1. The van der Waals surface area contributed by atoms with Crippen molar-refractivity contribution >= 4 is 51.5 Å². The number of amides is 2. The largest absolute Gasteiger partial charge is 0.497 e. The van der Waals surface area contributed by atoms with Crippen LogP contribution in [-0.4, -0.2) is 43.8 Å². The molecule has 0 saturated carbocycles. The smallest absolute Gasteiger partial charge is 0.251 e. The van der Waals surface area contributed by atoms with Gasteiger partial charge in [-0.2, -0.15) is 0 Å². The number of anilines is 1. The Kier molecular flexibility index (Phi) is 8.62. The highest BCUT2D eigenvalue weighted by Crippen LogP contribution is 2.30. The van der Waals surface area contributed by atoms with Crippen molar-refractivity contribution in [2.24, 2.45) is 0 Å².